The summed E-state index contributed by atoms with van der Waals surface area (Å²) < 4.78 is 11.9. The maximum Gasteiger partial charge on any atom is 0.108 e. The summed E-state index contributed by atoms with van der Waals surface area (Å²) in [5, 5.41) is 3.66. The Kier molecular flexibility index (Phi) is 4.31. The molecule has 2 rings (SSSR count). The Labute approximate surface area is 123 Å². The zero-order valence-corrected chi connectivity index (χ0v) is 13.7. The molecule has 0 radical (unpaired) electrons. The SMILES string of the molecule is CCNC(c1ccoc1CC)C1CC(C)(C)OC1(C)C. The lowest BCUT2D eigenvalue weighted by Gasteiger charge is -2.33. The summed E-state index contributed by atoms with van der Waals surface area (Å²) in [6.45, 7) is 14.1. The number of rotatable bonds is 5. The van der Waals surface area contributed by atoms with E-state index in [4.69, 9.17) is 9.15 Å². The fraction of sp³-hybridized carbons (Fsp3) is 0.765. The summed E-state index contributed by atoms with van der Waals surface area (Å²) in [5.74, 6) is 1.54. The lowest BCUT2D eigenvalue weighted by atomic mass is 9.78. The highest BCUT2D eigenvalue weighted by atomic mass is 16.5. The monoisotopic (exact) mass is 279 g/mol. The van der Waals surface area contributed by atoms with Gasteiger partial charge in [0.15, 0.2) is 0 Å². The third-order valence-electron chi connectivity index (χ3n) is 4.41. The highest BCUT2D eigenvalue weighted by molar-refractivity contribution is 5.24. The Bertz CT molecular complexity index is 448. The van der Waals surface area contributed by atoms with Gasteiger partial charge in [0, 0.05) is 23.9 Å². The molecule has 3 nitrogen and oxygen atoms in total. The standard InChI is InChI=1S/C17H29NO2/c1-7-14-12(9-10-19-14)15(18-8-2)13-11-16(3,4)20-17(13,5)6/h9-10,13,15,18H,7-8,11H2,1-6H3. The van der Waals surface area contributed by atoms with Crippen molar-refractivity contribution < 1.29 is 9.15 Å². The molecule has 2 unspecified atom stereocenters. The molecule has 0 saturated carbocycles. The van der Waals surface area contributed by atoms with Gasteiger partial charge in [0.1, 0.15) is 5.76 Å². The number of hydrogen-bond acceptors (Lipinski definition) is 3. The van der Waals surface area contributed by atoms with Crippen molar-refractivity contribution in [2.75, 3.05) is 6.54 Å². The van der Waals surface area contributed by atoms with Crippen LogP contribution in [0.3, 0.4) is 0 Å². The Hall–Kier alpha value is -0.800. The maximum atomic E-state index is 6.28. The third kappa shape index (κ3) is 2.94. The first-order valence-corrected chi connectivity index (χ1v) is 7.80. The average Bonchev–Trinajstić information content (AvgIpc) is 2.87. The van der Waals surface area contributed by atoms with Gasteiger partial charge in [0.25, 0.3) is 0 Å². The van der Waals surface area contributed by atoms with E-state index in [1.807, 2.05) is 6.26 Å². The largest absolute Gasteiger partial charge is 0.469 e. The van der Waals surface area contributed by atoms with E-state index in [0.717, 1.165) is 25.1 Å². The first-order chi connectivity index (χ1) is 9.30. The van der Waals surface area contributed by atoms with Crippen molar-refractivity contribution in [1.29, 1.82) is 0 Å². The molecule has 3 heteroatoms. The minimum absolute atomic E-state index is 0.0576. The van der Waals surface area contributed by atoms with Crippen LogP contribution < -0.4 is 5.32 Å². The lowest BCUT2D eigenvalue weighted by Crippen LogP contribution is -2.38. The minimum Gasteiger partial charge on any atom is -0.469 e. The average molecular weight is 279 g/mol. The van der Waals surface area contributed by atoms with Crippen LogP contribution in [0.4, 0.5) is 0 Å². The van der Waals surface area contributed by atoms with E-state index >= 15 is 0 Å². The van der Waals surface area contributed by atoms with Gasteiger partial charge in [-0.3, -0.25) is 0 Å². The van der Waals surface area contributed by atoms with Gasteiger partial charge in [-0.25, -0.2) is 0 Å². The lowest BCUT2D eigenvalue weighted by molar-refractivity contribution is -0.0778. The van der Waals surface area contributed by atoms with E-state index in [1.165, 1.54) is 5.56 Å². The molecule has 1 aliphatic rings. The number of furan rings is 1. The van der Waals surface area contributed by atoms with Crippen LogP contribution in [-0.2, 0) is 11.2 Å². The molecule has 0 aliphatic carbocycles. The molecule has 1 fully saturated rings. The van der Waals surface area contributed by atoms with E-state index in [0.29, 0.717) is 12.0 Å². The first-order valence-electron chi connectivity index (χ1n) is 7.80. The molecule has 114 valence electrons. The van der Waals surface area contributed by atoms with Crippen molar-refractivity contribution in [3.05, 3.63) is 23.7 Å². The van der Waals surface area contributed by atoms with Crippen molar-refractivity contribution in [2.45, 2.75) is 71.6 Å². The van der Waals surface area contributed by atoms with Crippen molar-refractivity contribution in [3.8, 4) is 0 Å². The van der Waals surface area contributed by atoms with Crippen LogP contribution in [0, 0.1) is 5.92 Å². The predicted octanol–water partition coefficient (Wildman–Crippen LogP) is 4.09. The minimum atomic E-state index is -0.126. The molecular weight excluding hydrogens is 250 g/mol. The van der Waals surface area contributed by atoms with Gasteiger partial charge < -0.3 is 14.5 Å². The van der Waals surface area contributed by atoms with Gasteiger partial charge in [0.05, 0.1) is 17.5 Å². The number of hydrogen-bond donors (Lipinski definition) is 1. The molecule has 0 bridgehead atoms. The van der Waals surface area contributed by atoms with E-state index < -0.39 is 0 Å². The molecular formula is C17H29NO2. The summed E-state index contributed by atoms with van der Waals surface area (Å²) in [6.07, 6.45) is 3.81. The number of ether oxygens (including phenoxy) is 1. The molecule has 20 heavy (non-hydrogen) atoms. The second-order valence-corrected chi connectivity index (χ2v) is 6.96. The Morgan fingerprint density at radius 3 is 2.50 bits per heavy atom. The topological polar surface area (TPSA) is 34.4 Å². The predicted molar refractivity (Wildman–Crippen MR) is 81.9 cm³/mol. The Morgan fingerprint density at radius 1 is 1.30 bits per heavy atom. The van der Waals surface area contributed by atoms with Crippen LogP contribution >= 0.6 is 0 Å². The molecule has 0 amide bonds. The summed E-state index contributed by atoms with van der Waals surface area (Å²) in [4.78, 5) is 0. The fourth-order valence-corrected chi connectivity index (χ4v) is 3.73. The van der Waals surface area contributed by atoms with Gasteiger partial charge >= 0.3 is 0 Å². The van der Waals surface area contributed by atoms with Gasteiger partial charge in [-0.05, 0) is 46.7 Å². The quantitative estimate of drug-likeness (QED) is 0.881. The summed E-state index contributed by atoms with van der Waals surface area (Å²) in [5.41, 5.74) is 1.12. The van der Waals surface area contributed by atoms with Gasteiger partial charge in [-0.15, -0.1) is 0 Å². The molecule has 2 atom stereocenters. The Morgan fingerprint density at radius 2 is 2.00 bits per heavy atom. The maximum absolute atomic E-state index is 6.28. The van der Waals surface area contributed by atoms with Crippen molar-refractivity contribution in [1.82, 2.24) is 5.32 Å². The zero-order valence-electron chi connectivity index (χ0n) is 13.7. The van der Waals surface area contributed by atoms with Crippen LogP contribution in [0.2, 0.25) is 0 Å². The Balaban J connectivity index is 2.34. The van der Waals surface area contributed by atoms with Gasteiger partial charge in [0.2, 0.25) is 0 Å². The van der Waals surface area contributed by atoms with Gasteiger partial charge in [-0.1, -0.05) is 13.8 Å². The number of nitrogens with one attached hydrogen (secondary N) is 1. The summed E-state index contributed by atoms with van der Waals surface area (Å²) in [7, 11) is 0. The van der Waals surface area contributed by atoms with Gasteiger partial charge in [-0.2, -0.15) is 0 Å². The number of aryl methyl sites for hydroxylation is 1. The molecule has 0 aromatic carbocycles. The first kappa shape index (κ1) is 15.6. The molecule has 0 spiro atoms. The van der Waals surface area contributed by atoms with Crippen LogP contribution in [-0.4, -0.2) is 17.7 Å². The van der Waals surface area contributed by atoms with Crippen molar-refractivity contribution >= 4 is 0 Å². The summed E-state index contributed by atoms with van der Waals surface area (Å²) >= 11 is 0. The summed E-state index contributed by atoms with van der Waals surface area (Å²) in [6, 6.07) is 2.42. The van der Waals surface area contributed by atoms with E-state index in [1.54, 1.807) is 0 Å². The molecule has 1 aromatic rings. The van der Waals surface area contributed by atoms with E-state index in [2.05, 4.69) is 52.9 Å². The third-order valence-corrected chi connectivity index (χ3v) is 4.41. The molecule has 2 heterocycles. The molecule has 1 N–H and O–H groups in total. The second kappa shape index (κ2) is 5.53. The fourth-order valence-electron chi connectivity index (χ4n) is 3.73. The second-order valence-electron chi connectivity index (χ2n) is 6.96. The zero-order chi connectivity index (χ0) is 15.0. The normalized spacial score (nSPS) is 25.8. The van der Waals surface area contributed by atoms with Crippen LogP contribution in [0.15, 0.2) is 16.7 Å². The van der Waals surface area contributed by atoms with Crippen molar-refractivity contribution in [2.24, 2.45) is 5.92 Å². The smallest absolute Gasteiger partial charge is 0.108 e. The molecule has 1 aliphatic heterocycles. The highest BCUT2D eigenvalue weighted by Gasteiger charge is 2.49. The molecule has 1 saturated heterocycles. The van der Waals surface area contributed by atoms with E-state index in [9.17, 15) is 0 Å². The van der Waals surface area contributed by atoms with Crippen LogP contribution in [0.1, 0.15) is 65.3 Å². The van der Waals surface area contributed by atoms with Crippen LogP contribution in [0.5, 0.6) is 0 Å². The molecule has 1 aromatic heterocycles. The van der Waals surface area contributed by atoms with Crippen molar-refractivity contribution in [3.63, 3.8) is 0 Å². The highest BCUT2D eigenvalue weighted by Crippen LogP contribution is 2.48. The van der Waals surface area contributed by atoms with E-state index in [-0.39, 0.29) is 11.2 Å². The van der Waals surface area contributed by atoms with Crippen LogP contribution in [0.25, 0.3) is 0 Å².